The average Bonchev–Trinajstić information content (AvgIpc) is 2.60. The normalized spacial score (nSPS) is 16.1. The maximum atomic E-state index is 12.4. The van der Waals surface area contributed by atoms with Gasteiger partial charge in [-0.2, -0.15) is 0 Å². The molecular formula is C22H33NO2. The van der Waals surface area contributed by atoms with Gasteiger partial charge in [0.2, 0.25) is 0 Å². The highest BCUT2D eigenvalue weighted by Crippen LogP contribution is 2.25. The molecule has 0 aromatic heterocycles. The van der Waals surface area contributed by atoms with Crippen molar-refractivity contribution in [1.82, 2.24) is 5.32 Å². The number of ether oxygens (including phenoxy) is 1. The lowest BCUT2D eigenvalue weighted by Crippen LogP contribution is -2.38. The van der Waals surface area contributed by atoms with E-state index >= 15 is 0 Å². The van der Waals surface area contributed by atoms with Crippen molar-refractivity contribution < 1.29 is 9.53 Å². The van der Waals surface area contributed by atoms with Crippen LogP contribution < -0.4 is 10.1 Å². The Kier molecular flexibility index (Phi) is 7.10. The zero-order chi connectivity index (χ0) is 18.3. The molecule has 0 saturated carbocycles. The van der Waals surface area contributed by atoms with Crippen molar-refractivity contribution in [2.24, 2.45) is 0 Å². The molecule has 0 radical (unpaired) electrons. The Morgan fingerprint density at radius 3 is 2.48 bits per heavy atom. The highest BCUT2D eigenvalue weighted by Gasteiger charge is 2.19. The van der Waals surface area contributed by atoms with E-state index in [4.69, 9.17) is 4.74 Å². The molecule has 1 atom stereocenters. The van der Waals surface area contributed by atoms with Gasteiger partial charge in [0.15, 0.2) is 6.10 Å². The summed E-state index contributed by atoms with van der Waals surface area (Å²) in [7, 11) is 0. The summed E-state index contributed by atoms with van der Waals surface area (Å²) in [5.41, 5.74) is 2.87. The molecule has 1 aliphatic rings. The van der Waals surface area contributed by atoms with Crippen LogP contribution in [0.1, 0.15) is 71.8 Å². The Morgan fingerprint density at radius 1 is 1.20 bits per heavy atom. The van der Waals surface area contributed by atoms with Gasteiger partial charge in [-0.25, -0.2) is 0 Å². The van der Waals surface area contributed by atoms with E-state index in [1.807, 2.05) is 19.1 Å². The number of benzene rings is 1. The third kappa shape index (κ3) is 6.22. The summed E-state index contributed by atoms with van der Waals surface area (Å²) >= 11 is 0. The van der Waals surface area contributed by atoms with Crippen LogP contribution in [0.4, 0.5) is 0 Å². The Morgan fingerprint density at radius 2 is 1.92 bits per heavy atom. The van der Waals surface area contributed by atoms with Gasteiger partial charge in [0, 0.05) is 6.54 Å². The van der Waals surface area contributed by atoms with Gasteiger partial charge in [-0.05, 0) is 61.6 Å². The Bertz CT molecular complexity index is 581. The van der Waals surface area contributed by atoms with Crippen molar-refractivity contribution in [2.75, 3.05) is 6.54 Å². The van der Waals surface area contributed by atoms with Gasteiger partial charge in [-0.3, -0.25) is 4.79 Å². The SMILES string of the molecule is CCC(Oc1ccc(C(C)(C)C)cc1)C(=O)NCCC1=CCCCC1. The summed E-state index contributed by atoms with van der Waals surface area (Å²) in [6, 6.07) is 8.08. The monoisotopic (exact) mass is 343 g/mol. The van der Waals surface area contributed by atoms with E-state index in [0.717, 1.165) is 12.2 Å². The topological polar surface area (TPSA) is 38.3 Å². The van der Waals surface area contributed by atoms with E-state index in [1.165, 1.54) is 36.8 Å². The molecule has 1 aromatic carbocycles. The number of rotatable bonds is 7. The van der Waals surface area contributed by atoms with Crippen LogP contribution in [-0.4, -0.2) is 18.6 Å². The molecule has 0 fully saturated rings. The van der Waals surface area contributed by atoms with Gasteiger partial charge in [0.1, 0.15) is 5.75 Å². The average molecular weight is 344 g/mol. The third-order valence-corrected chi connectivity index (χ3v) is 4.79. The molecule has 3 heteroatoms. The largest absolute Gasteiger partial charge is 0.481 e. The summed E-state index contributed by atoms with van der Waals surface area (Å²) in [6.07, 6.45) is 8.48. The molecule has 0 heterocycles. The second kappa shape index (κ2) is 9.07. The highest BCUT2D eigenvalue weighted by molar-refractivity contribution is 5.81. The molecule has 3 nitrogen and oxygen atoms in total. The van der Waals surface area contributed by atoms with Gasteiger partial charge >= 0.3 is 0 Å². The van der Waals surface area contributed by atoms with Crippen LogP contribution >= 0.6 is 0 Å². The fourth-order valence-electron chi connectivity index (χ4n) is 3.11. The first-order chi connectivity index (χ1) is 11.9. The predicted molar refractivity (Wildman–Crippen MR) is 104 cm³/mol. The van der Waals surface area contributed by atoms with E-state index in [2.05, 4.69) is 44.3 Å². The summed E-state index contributed by atoms with van der Waals surface area (Å²) in [5.74, 6) is 0.740. The molecule has 0 bridgehead atoms. The maximum Gasteiger partial charge on any atom is 0.261 e. The molecule has 0 aliphatic heterocycles. The summed E-state index contributed by atoms with van der Waals surface area (Å²) in [4.78, 5) is 12.4. The summed E-state index contributed by atoms with van der Waals surface area (Å²) in [5, 5.41) is 3.03. The molecule has 0 spiro atoms. The molecule has 25 heavy (non-hydrogen) atoms. The van der Waals surface area contributed by atoms with Crippen molar-refractivity contribution in [2.45, 2.75) is 77.7 Å². The number of allylic oxidation sites excluding steroid dienone is 1. The van der Waals surface area contributed by atoms with E-state index < -0.39 is 6.10 Å². The highest BCUT2D eigenvalue weighted by atomic mass is 16.5. The van der Waals surface area contributed by atoms with Crippen LogP contribution in [0.2, 0.25) is 0 Å². The Hall–Kier alpha value is -1.77. The van der Waals surface area contributed by atoms with E-state index in [0.29, 0.717) is 13.0 Å². The van der Waals surface area contributed by atoms with E-state index in [-0.39, 0.29) is 11.3 Å². The van der Waals surface area contributed by atoms with Crippen LogP contribution in [-0.2, 0) is 10.2 Å². The lowest BCUT2D eigenvalue weighted by atomic mass is 9.87. The third-order valence-electron chi connectivity index (χ3n) is 4.79. The van der Waals surface area contributed by atoms with Gasteiger partial charge in [-0.1, -0.05) is 51.5 Å². The molecule has 1 aromatic rings. The lowest BCUT2D eigenvalue weighted by Gasteiger charge is -2.21. The summed E-state index contributed by atoms with van der Waals surface area (Å²) in [6.45, 7) is 9.25. The first-order valence-electron chi connectivity index (χ1n) is 9.63. The minimum atomic E-state index is -0.430. The van der Waals surface area contributed by atoms with Crippen molar-refractivity contribution in [1.29, 1.82) is 0 Å². The number of hydrogen-bond acceptors (Lipinski definition) is 2. The maximum absolute atomic E-state index is 12.4. The molecule has 2 rings (SSSR count). The zero-order valence-electron chi connectivity index (χ0n) is 16.2. The predicted octanol–water partition coefficient (Wildman–Crippen LogP) is 5.15. The fourth-order valence-corrected chi connectivity index (χ4v) is 3.11. The van der Waals surface area contributed by atoms with Gasteiger partial charge in [0.25, 0.3) is 5.91 Å². The zero-order valence-corrected chi connectivity index (χ0v) is 16.2. The van der Waals surface area contributed by atoms with Gasteiger partial charge in [0.05, 0.1) is 0 Å². The van der Waals surface area contributed by atoms with Crippen molar-refractivity contribution in [3.05, 3.63) is 41.5 Å². The summed E-state index contributed by atoms with van der Waals surface area (Å²) < 4.78 is 5.91. The Balaban J connectivity index is 1.83. The quantitative estimate of drug-likeness (QED) is 0.695. The van der Waals surface area contributed by atoms with Crippen LogP contribution in [0, 0.1) is 0 Å². The number of amides is 1. The number of hydrogen-bond donors (Lipinski definition) is 1. The second-order valence-corrected chi connectivity index (χ2v) is 7.94. The van der Waals surface area contributed by atoms with Gasteiger partial charge in [-0.15, -0.1) is 0 Å². The van der Waals surface area contributed by atoms with Crippen molar-refractivity contribution in [3.8, 4) is 5.75 Å². The van der Waals surface area contributed by atoms with Crippen molar-refractivity contribution >= 4 is 5.91 Å². The van der Waals surface area contributed by atoms with Crippen LogP contribution in [0.5, 0.6) is 5.75 Å². The Labute approximate surface area is 152 Å². The number of carbonyl (C=O) groups is 1. The number of nitrogens with one attached hydrogen (secondary N) is 1. The first-order valence-corrected chi connectivity index (χ1v) is 9.63. The standard InChI is InChI=1S/C22H33NO2/c1-5-20(21(24)23-16-15-17-9-7-6-8-10-17)25-19-13-11-18(12-14-19)22(2,3)4/h9,11-14,20H,5-8,10,15-16H2,1-4H3,(H,23,24). The minimum absolute atomic E-state index is 0.0150. The van der Waals surface area contributed by atoms with Crippen molar-refractivity contribution in [3.63, 3.8) is 0 Å². The first kappa shape index (κ1) is 19.6. The van der Waals surface area contributed by atoms with E-state index in [1.54, 1.807) is 0 Å². The lowest BCUT2D eigenvalue weighted by molar-refractivity contribution is -0.128. The van der Waals surface area contributed by atoms with Crippen LogP contribution in [0.15, 0.2) is 35.9 Å². The molecule has 1 N–H and O–H groups in total. The molecule has 1 amide bonds. The minimum Gasteiger partial charge on any atom is -0.481 e. The molecule has 138 valence electrons. The molecule has 0 saturated heterocycles. The second-order valence-electron chi connectivity index (χ2n) is 7.94. The fraction of sp³-hybridized carbons (Fsp3) is 0.591. The smallest absolute Gasteiger partial charge is 0.261 e. The van der Waals surface area contributed by atoms with Gasteiger partial charge < -0.3 is 10.1 Å². The van der Waals surface area contributed by atoms with Crippen LogP contribution in [0.3, 0.4) is 0 Å². The van der Waals surface area contributed by atoms with Crippen LogP contribution in [0.25, 0.3) is 0 Å². The molecule has 1 unspecified atom stereocenters. The molecular weight excluding hydrogens is 310 g/mol. The molecule has 1 aliphatic carbocycles. The number of carbonyl (C=O) groups excluding carboxylic acids is 1. The van der Waals surface area contributed by atoms with E-state index in [9.17, 15) is 4.79 Å².